The molecule has 152 valence electrons. The number of halogens is 2. The normalized spacial score (nSPS) is 17.2. The van der Waals surface area contributed by atoms with E-state index in [9.17, 15) is 9.59 Å². The van der Waals surface area contributed by atoms with Gasteiger partial charge in [0.25, 0.3) is 0 Å². The quantitative estimate of drug-likeness (QED) is 0.541. The van der Waals surface area contributed by atoms with E-state index in [-0.39, 0.29) is 16.7 Å². The van der Waals surface area contributed by atoms with Gasteiger partial charge in [-0.15, -0.1) is 0 Å². The van der Waals surface area contributed by atoms with E-state index in [1.54, 1.807) is 12.1 Å². The van der Waals surface area contributed by atoms with Gasteiger partial charge in [0.1, 0.15) is 5.75 Å². The molecule has 1 aliphatic heterocycles. The number of benzene rings is 3. The molecule has 5 nitrogen and oxygen atoms in total. The maximum atomic E-state index is 13.0. The highest BCUT2D eigenvalue weighted by Gasteiger charge is 2.38. The fraction of sp³-hybridized carbons (Fsp3) is 0.130. The predicted molar refractivity (Wildman–Crippen MR) is 118 cm³/mol. The molecule has 3 aromatic rings. The Morgan fingerprint density at radius 1 is 1.00 bits per heavy atom. The van der Waals surface area contributed by atoms with Crippen LogP contribution in [0.2, 0.25) is 10.0 Å². The zero-order valence-corrected chi connectivity index (χ0v) is 17.5. The van der Waals surface area contributed by atoms with E-state index in [1.807, 2.05) is 42.5 Å². The molecule has 0 radical (unpaired) electrons. The summed E-state index contributed by atoms with van der Waals surface area (Å²) >= 11 is 12.1. The van der Waals surface area contributed by atoms with Gasteiger partial charge in [-0.05, 0) is 47.5 Å². The van der Waals surface area contributed by atoms with Crippen molar-refractivity contribution >= 4 is 40.6 Å². The first-order valence-electron chi connectivity index (χ1n) is 9.27. The van der Waals surface area contributed by atoms with Crippen LogP contribution in [0.4, 0.5) is 5.69 Å². The van der Waals surface area contributed by atoms with Crippen molar-refractivity contribution in [1.82, 2.24) is 0 Å². The molecule has 2 unspecified atom stereocenters. The van der Waals surface area contributed by atoms with Crippen LogP contribution in [0.1, 0.15) is 28.9 Å². The molecular formula is C23H18Cl2N2O3. The molecule has 0 spiro atoms. The third kappa shape index (κ3) is 3.92. The van der Waals surface area contributed by atoms with E-state index in [2.05, 4.69) is 5.32 Å². The molecule has 2 atom stereocenters. The molecule has 3 aromatic carbocycles. The largest absolute Gasteiger partial charge is 0.480 e. The first-order valence-corrected chi connectivity index (χ1v) is 10.0. The molecule has 1 aliphatic rings. The molecule has 0 bridgehead atoms. The van der Waals surface area contributed by atoms with Crippen LogP contribution in [0, 0.1) is 0 Å². The minimum atomic E-state index is -0.875. The molecule has 4 rings (SSSR count). The number of hydrogen-bond donors (Lipinski definition) is 2. The molecule has 1 amide bonds. The Balaban J connectivity index is 1.62. The summed E-state index contributed by atoms with van der Waals surface area (Å²) in [6.45, 7) is 1.46. The van der Waals surface area contributed by atoms with Crippen molar-refractivity contribution in [3.63, 3.8) is 0 Å². The van der Waals surface area contributed by atoms with Gasteiger partial charge in [-0.2, -0.15) is 0 Å². The zero-order valence-electron chi connectivity index (χ0n) is 16.0. The van der Waals surface area contributed by atoms with Crippen LogP contribution in [0.25, 0.3) is 11.1 Å². The Bertz CT molecular complexity index is 1160. The molecule has 0 saturated heterocycles. The number of carbonyl (C=O) groups is 2. The van der Waals surface area contributed by atoms with Gasteiger partial charge >= 0.3 is 0 Å². The summed E-state index contributed by atoms with van der Waals surface area (Å²) in [5, 5.41) is 3.47. The third-order valence-electron chi connectivity index (χ3n) is 4.92. The van der Waals surface area contributed by atoms with Gasteiger partial charge in [0.15, 0.2) is 6.10 Å². The second-order valence-electron chi connectivity index (χ2n) is 7.07. The Morgan fingerprint density at radius 3 is 2.50 bits per heavy atom. The van der Waals surface area contributed by atoms with Crippen LogP contribution < -0.4 is 15.8 Å². The molecule has 3 N–H and O–H groups in total. The highest BCUT2D eigenvalue weighted by Crippen LogP contribution is 2.40. The van der Waals surface area contributed by atoms with E-state index in [4.69, 9.17) is 33.7 Å². The summed E-state index contributed by atoms with van der Waals surface area (Å²) in [4.78, 5) is 24.3. The highest BCUT2D eigenvalue weighted by molar-refractivity contribution is 6.37. The van der Waals surface area contributed by atoms with Crippen molar-refractivity contribution in [2.75, 3.05) is 5.32 Å². The topological polar surface area (TPSA) is 81.4 Å². The van der Waals surface area contributed by atoms with Crippen LogP contribution in [0.5, 0.6) is 5.75 Å². The van der Waals surface area contributed by atoms with Gasteiger partial charge in [0.2, 0.25) is 11.7 Å². The van der Waals surface area contributed by atoms with Crippen LogP contribution in [0.15, 0.2) is 60.7 Å². The first kappa shape index (κ1) is 20.4. The smallest absolute Gasteiger partial charge is 0.221 e. The number of Topliss-reactive ketones (excluding diaryl/α,β-unsaturated/α-hetero) is 1. The van der Waals surface area contributed by atoms with E-state index in [1.165, 1.54) is 13.0 Å². The van der Waals surface area contributed by atoms with Gasteiger partial charge in [-0.3, -0.25) is 9.59 Å². The lowest BCUT2D eigenvalue weighted by atomic mass is 9.96. The van der Waals surface area contributed by atoms with Gasteiger partial charge in [-0.1, -0.05) is 47.5 Å². The van der Waals surface area contributed by atoms with Crippen LogP contribution in [0.3, 0.4) is 0 Å². The summed E-state index contributed by atoms with van der Waals surface area (Å²) in [5.74, 6) is 0.112. The standard InChI is InChI=1S/C23H18Cl2N2O3/c1-12(28)27-16-4-2-3-13(9-16)14-5-7-18-20(10-14)30-23(21(18)26)22(29)17-8-6-15(24)11-19(17)25/h2-11,21,23H,26H2,1H3,(H,27,28). The fourth-order valence-electron chi connectivity index (χ4n) is 3.50. The monoisotopic (exact) mass is 440 g/mol. The van der Waals surface area contributed by atoms with Crippen molar-refractivity contribution in [3.8, 4) is 16.9 Å². The van der Waals surface area contributed by atoms with Gasteiger partial charge in [0.05, 0.1) is 11.1 Å². The first-order chi connectivity index (χ1) is 14.3. The molecule has 0 saturated carbocycles. The number of ketones is 1. The van der Waals surface area contributed by atoms with Crippen molar-refractivity contribution < 1.29 is 14.3 Å². The minimum Gasteiger partial charge on any atom is -0.480 e. The second kappa shape index (κ2) is 8.11. The molecule has 1 heterocycles. The fourth-order valence-corrected chi connectivity index (χ4v) is 4.01. The predicted octanol–water partition coefficient (Wildman–Crippen LogP) is 5.26. The van der Waals surface area contributed by atoms with Crippen LogP contribution >= 0.6 is 23.2 Å². The van der Waals surface area contributed by atoms with Gasteiger partial charge in [-0.25, -0.2) is 0 Å². The summed E-state index contributed by atoms with van der Waals surface area (Å²) < 4.78 is 5.94. The third-order valence-corrected chi connectivity index (χ3v) is 5.47. The van der Waals surface area contributed by atoms with E-state index < -0.39 is 12.1 Å². The lowest BCUT2D eigenvalue weighted by Gasteiger charge is -2.15. The zero-order chi connectivity index (χ0) is 21.4. The van der Waals surface area contributed by atoms with Crippen LogP contribution in [-0.4, -0.2) is 17.8 Å². The molecule has 30 heavy (non-hydrogen) atoms. The number of hydrogen-bond acceptors (Lipinski definition) is 4. The number of carbonyl (C=O) groups excluding carboxylic acids is 2. The Labute approximate surface area is 183 Å². The average molecular weight is 441 g/mol. The Kier molecular flexibility index (Phi) is 5.52. The Morgan fingerprint density at radius 2 is 1.77 bits per heavy atom. The molecule has 0 aliphatic carbocycles. The molecule has 7 heteroatoms. The lowest BCUT2D eigenvalue weighted by Crippen LogP contribution is -2.33. The van der Waals surface area contributed by atoms with E-state index in [0.717, 1.165) is 16.7 Å². The number of fused-ring (bicyclic) bond motifs is 1. The summed E-state index contributed by atoms with van der Waals surface area (Å²) in [5.41, 5.74) is 9.86. The maximum Gasteiger partial charge on any atom is 0.221 e. The number of nitrogens with two attached hydrogens (primary N) is 1. The van der Waals surface area contributed by atoms with Gasteiger partial charge in [0, 0.05) is 28.8 Å². The van der Waals surface area contributed by atoms with Crippen molar-refractivity contribution in [1.29, 1.82) is 0 Å². The molecule has 0 fully saturated rings. The SMILES string of the molecule is CC(=O)Nc1cccc(-c2ccc3c(c2)OC(C(=O)c2ccc(Cl)cc2Cl)C3N)c1. The van der Waals surface area contributed by atoms with E-state index >= 15 is 0 Å². The van der Waals surface area contributed by atoms with Crippen molar-refractivity contribution in [2.45, 2.75) is 19.1 Å². The Hall–Kier alpha value is -2.86. The lowest BCUT2D eigenvalue weighted by molar-refractivity contribution is -0.114. The van der Waals surface area contributed by atoms with Gasteiger partial charge < -0.3 is 15.8 Å². The molecular weight excluding hydrogens is 423 g/mol. The average Bonchev–Trinajstić information content (AvgIpc) is 3.03. The van der Waals surface area contributed by atoms with Crippen molar-refractivity contribution in [2.24, 2.45) is 5.73 Å². The van der Waals surface area contributed by atoms with Crippen LogP contribution in [-0.2, 0) is 4.79 Å². The van der Waals surface area contributed by atoms with Crippen molar-refractivity contribution in [3.05, 3.63) is 81.8 Å². The number of ether oxygens (including phenoxy) is 1. The highest BCUT2D eigenvalue weighted by atomic mass is 35.5. The second-order valence-corrected chi connectivity index (χ2v) is 7.91. The number of rotatable bonds is 4. The summed E-state index contributed by atoms with van der Waals surface area (Å²) in [6.07, 6.45) is -0.875. The number of anilines is 1. The molecule has 0 aromatic heterocycles. The maximum absolute atomic E-state index is 13.0. The number of amides is 1. The number of nitrogens with one attached hydrogen (secondary N) is 1. The summed E-state index contributed by atoms with van der Waals surface area (Å²) in [6, 6.07) is 17.2. The minimum absolute atomic E-state index is 0.141. The van der Waals surface area contributed by atoms with E-state index in [0.29, 0.717) is 22.0 Å². The summed E-state index contributed by atoms with van der Waals surface area (Å²) in [7, 11) is 0.